The van der Waals surface area contributed by atoms with Crippen LogP contribution < -0.4 is 10.6 Å². The molecule has 1 unspecified atom stereocenters. The Bertz CT molecular complexity index is 443. The van der Waals surface area contributed by atoms with Gasteiger partial charge in [0.25, 0.3) is 0 Å². The minimum atomic E-state index is -0.169. The molecule has 1 amide bonds. The predicted molar refractivity (Wildman–Crippen MR) is 89.6 cm³/mol. The second-order valence-electron chi connectivity index (χ2n) is 5.31. The van der Waals surface area contributed by atoms with E-state index in [9.17, 15) is 4.79 Å². The van der Waals surface area contributed by atoms with E-state index in [4.69, 9.17) is 5.73 Å². The van der Waals surface area contributed by atoms with Crippen molar-refractivity contribution >= 4 is 11.6 Å². The zero-order valence-corrected chi connectivity index (χ0v) is 13.8. The summed E-state index contributed by atoms with van der Waals surface area (Å²) in [6, 6.07) is 8.04. The molecule has 4 heteroatoms. The Hall–Kier alpha value is -1.55. The number of amides is 1. The molecular formula is C17H29N3O. The van der Waals surface area contributed by atoms with Gasteiger partial charge in [0.2, 0.25) is 5.91 Å². The summed E-state index contributed by atoms with van der Waals surface area (Å²) in [6.45, 7) is 11.0. The van der Waals surface area contributed by atoms with Crippen LogP contribution in [0, 0.1) is 6.92 Å². The molecule has 21 heavy (non-hydrogen) atoms. The Balaban J connectivity index is 3.02. The van der Waals surface area contributed by atoms with E-state index in [1.54, 1.807) is 0 Å². The number of nitrogens with zero attached hydrogens (tertiary/aromatic N) is 2. The molecule has 1 rings (SSSR count). The third-order valence-corrected chi connectivity index (χ3v) is 3.93. The van der Waals surface area contributed by atoms with E-state index in [-0.39, 0.29) is 11.9 Å². The predicted octanol–water partition coefficient (Wildman–Crippen LogP) is 2.41. The van der Waals surface area contributed by atoms with Crippen LogP contribution in [0.3, 0.4) is 0 Å². The molecule has 0 aromatic heterocycles. The highest BCUT2D eigenvalue weighted by Crippen LogP contribution is 2.22. The van der Waals surface area contributed by atoms with Crippen LogP contribution in [-0.2, 0) is 4.79 Å². The average molecular weight is 291 g/mol. The zero-order chi connectivity index (χ0) is 15.8. The molecule has 0 aliphatic carbocycles. The quantitative estimate of drug-likeness (QED) is 0.800. The lowest BCUT2D eigenvalue weighted by Gasteiger charge is -2.34. The molecule has 1 aromatic rings. The fourth-order valence-electron chi connectivity index (χ4n) is 2.60. The van der Waals surface area contributed by atoms with Gasteiger partial charge in [-0.3, -0.25) is 4.79 Å². The van der Waals surface area contributed by atoms with Crippen LogP contribution in [0.25, 0.3) is 0 Å². The summed E-state index contributed by atoms with van der Waals surface area (Å²) in [5, 5.41) is 0. The Kier molecular flexibility index (Phi) is 7.23. The minimum absolute atomic E-state index is 0.169. The van der Waals surface area contributed by atoms with Gasteiger partial charge in [-0.25, -0.2) is 0 Å². The lowest BCUT2D eigenvalue weighted by molar-refractivity contribution is -0.131. The van der Waals surface area contributed by atoms with Crippen LogP contribution in [-0.4, -0.2) is 43.0 Å². The fourth-order valence-corrected chi connectivity index (χ4v) is 2.60. The molecular weight excluding hydrogens is 262 g/mol. The number of hydrogen-bond donors (Lipinski definition) is 1. The van der Waals surface area contributed by atoms with E-state index in [1.807, 2.05) is 37.8 Å². The van der Waals surface area contributed by atoms with Gasteiger partial charge >= 0.3 is 0 Å². The molecule has 0 fully saturated rings. The number of carbonyl (C=O) groups is 1. The highest BCUT2D eigenvalue weighted by molar-refractivity contribution is 5.85. The van der Waals surface area contributed by atoms with Crippen molar-refractivity contribution in [1.29, 1.82) is 0 Å². The van der Waals surface area contributed by atoms with Gasteiger partial charge < -0.3 is 15.5 Å². The number of aryl methyl sites for hydroxylation is 1. The molecule has 0 heterocycles. The van der Waals surface area contributed by atoms with Gasteiger partial charge in [-0.2, -0.15) is 0 Å². The number of nitrogens with two attached hydrogens (primary N) is 1. The molecule has 4 nitrogen and oxygen atoms in total. The Morgan fingerprint density at radius 2 is 1.86 bits per heavy atom. The zero-order valence-electron chi connectivity index (χ0n) is 13.8. The largest absolute Gasteiger partial charge is 0.360 e. The number of benzene rings is 1. The molecule has 1 aromatic carbocycles. The van der Waals surface area contributed by atoms with Crippen molar-refractivity contribution in [3.05, 3.63) is 29.8 Å². The summed E-state index contributed by atoms with van der Waals surface area (Å²) < 4.78 is 0. The SMILES string of the molecule is CCN(CC)C(=O)C(C)N(CCCN)c1ccccc1C. The fraction of sp³-hybridized carbons (Fsp3) is 0.588. The summed E-state index contributed by atoms with van der Waals surface area (Å²) in [6.07, 6.45) is 0.879. The summed E-state index contributed by atoms with van der Waals surface area (Å²) in [7, 11) is 0. The van der Waals surface area contributed by atoms with E-state index >= 15 is 0 Å². The molecule has 2 N–H and O–H groups in total. The van der Waals surface area contributed by atoms with Crippen molar-refractivity contribution in [3.8, 4) is 0 Å². The minimum Gasteiger partial charge on any atom is -0.360 e. The summed E-state index contributed by atoms with van der Waals surface area (Å²) >= 11 is 0. The topological polar surface area (TPSA) is 49.6 Å². The Morgan fingerprint density at radius 1 is 1.24 bits per heavy atom. The smallest absolute Gasteiger partial charge is 0.244 e. The molecule has 0 saturated carbocycles. The number of para-hydroxylation sites is 1. The van der Waals surface area contributed by atoms with Crippen molar-refractivity contribution < 1.29 is 4.79 Å². The lowest BCUT2D eigenvalue weighted by atomic mass is 10.1. The van der Waals surface area contributed by atoms with E-state index in [0.29, 0.717) is 6.54 Å². The van der Waals surface area contributed by atoms with Gasteiger partial charge in [0.05, 0.1) is 0 Å². The third-order valence-electron chi connectivity index (χ3n) is 3.93. The molecule has 0 spiro atoms. The summed E-state index contributed by atoms with van der Waals surface area (Å²) in [5.74, 6) is 0.181. The van der Waals surface area contributed by atoms with Crippen molar-refractivity contribution in [2.75, 3.05) is 31.1 Å². The van der Waals surface area contributed by atoms with E-state index < -0.39 is 0 Å². The number of anilines is 1. The van der Waals surface area contributed by atoms with Crippen molar-refractivity contribution in [3.63, 3.8) is 0 Å². The van der Waals surface area contributed by atoms with Crippen LogP contribution in [0.1, 0.15) is 32.8 Å². The van der Waals surface area contributed by atoms with Crippen LogP contribution in [0.5, 0.6) is 0 Å². The second-order valence-corrected chi connectivity index (χ2v) is 5.31. The molecule has 1 atom stereocenters. The standard InChI is InChI=1S/C17H29N3O/c1-5-19(6-2)17(21)15(4)20(13-9-12-18)16-11-8-7-10-14(16)3/h7-8,10-11,15H,5-6,9,12-13,18H2,1-4H3. The summed E-state index contributed by atoms with van der Waals surface area (Å²) in [4.78, 5) is 16.7. The van der Waals surface area contributed by atoms with Gasteiger partial charge in [0.15, 0.2) is 0 Å². The Morgan fingerprint density at radius 3 is 2.38 bits per heavy atom. The first-order chi connectivity index (χ1) is 10.1. The first-order valence-corrected chi connectivity index (χ1v) is 7.87. The van der Waals surface area contributed by atoms with Gasteiger partial charge in [0, 0.05) is 25.3 Å². The van der Waals surface area contributed by atoms with E-state index in [1.165, 1.54) is 5.56 Å². The maximum atomic E-state index is 12.6. The number of rotatable bonds is 8. The number of likely N-dealkylation sites (N-methyl/N-ethyl adjacent to an activating group) is 1. The number of carbonyl (C=O) groups excluding carboxylic acids is 1. The maximum Gasteiger partial charge on any atom is 0.244 e. The highest BCUT2D eigenvalue weighted by atomic mass is 16.2. The molecule has 0 radical (unpaired) electrons. The van der Waals surface area contributed by atoms with Crippen LogP contribution >= 0.6 is 0 Å². The van der Waals surface area contributed by atoms with Crippen LogP contribution in [0.15, 0.2) is 24.3 Å². The van der Waals surface area contributed by atoms with Gasteiger partial charge in [-0.05, 0) is 52.3 Å². The third kappa shape index (κ3) is 4.46. The van der Waals surface area contributed by atoms with Crippen LogP contribution in [0.4, 0.5) is 5.69 Å². The highest BCUT2D eigenvalue weighted by Gasteiger charge is 2.25. The van der Waals surface area contributed by atoms with E-state index in [0.717, 1.165) is 31.7 Å². The van der Waals surface area contributed by atoms with Gasteiger partial charge in [-0.1, -0.05) is 18.2 Å². The second kappa shape index (κ2) is 8.67. The number of hydrogen-bond acceptors (Lipinski definition) is 3. The average Bonchev–Trinajstić information content (AvgIpc) is 2.50. The molecule has 0 saturated heterocycles. The Labute approximate surface area is 128 Å². The van der Waals surface area contributed by atoms with E-state index in [2.05, 4.69) is 24.0 Å². The van der Waals surface area contributed by atoms with Crippen molar-refractivity contribution in [2.24, 2.45) is 5.73 Å². The lowest BCUT2D eigenvalue weighted by Crippen LogP contribution is -2.48. The normalized spacial score (nSPS) is 12.0. The molecule has 118 valence electrons. The van der Waals surface area contributed by atoms with Gasteiger partial charge in [-0.15, -0.1) is 0 Å². The van der Waals surface area contributed by atoms with Crippen molar-refractivity contribution in [2.45, 2.75) is 40.2 Å². The van der Waals surface area contributed by atoms with Crippen molar-refractivity contribution in [1.82, 2.24) is 4.90 Å². The first kappa shape index (κ1) is 17.5. The maximum absolute atomic E-state index is 12.6. The van der Waals surface area contributed by atoms with Crippen LogP contribution in [0.2, 0.25) is 0 Å². The summed E-state index contributed by atoms with van der Waals surface area (Å²) in [5.41, 5.74) is 7.97. The molecule has 0 bridgehead atoms. The van der Waals surface area contributed by atoms with Gasteiger partial charge in [0.1, 0.15) is 6.04 Å². The monoisotopic (exact) mass is 291 g/mol. The first-order valence-electron chi connectivity index (χ1n) is 7.87. The molecule has 0 aliphatic heterocycles. The molecule has 0 aliphatic rings.